The Morgan fingerprint density at radius 1 is 0.882 bits per heavy atom. The number of phenols is 1. The number of aromatic hydroxyl groups is 1. The first kappa shape index (κ1) is 19.5. The Kier molecular flexibility index (Phi) is 3.65. The van der Waals surface area contributed by atoms with Gasteiger partial charge in [-0.05, 0) is 30.7 Å². The van der Waals surface area contributed by atoms with Crippen molar-refractivity contribution in [1.29, 1.82) is 0 Å². The van der Waals surface area contributed by atoms with Gasteiger partial charge in [-0.3, -0.25) is 14.9 Å². The molecule has 170 valence electrons. The summed E-state index contributed by atoms with van der Waals surface area (Å²) in [5, 5.41) is 46.5. The summed E-state index contributed by atoms with van der Waals surface area (Å²) in [4.78, 5) is 29.4. The molecule has 5 aromatic rings. The van der Waals surface area contributed by atoms with Gasteiger partial charge in [0.2, 0.25) is 0 Å². The molecule has 0 radical (unpaired) electrons. The zero-order valence-corrected chi connectivity index (χ0v) is 17.6. The number of amides is 2. The van der Waals surface area contributed by atoms with Gasteiger partial charge in [-0.15, -0.1) is 0 Å². The van der Waals surface area contributed by atoms with Crippen LogP contribution in [0, 0.1) is 0 Å². The van der Waals surface area contributed by atoms with E-state index in [1.165, 1.54) is 12.1 Å². The number of nitrogens with zero attached hydrogens (tertiary/aromatic N) is 1. The first-order valence-electron chi connectivity index (χ1n) is 11.0. The minimum absolute atomic E-state index is 0.0196. The van der Waals surface area contributed by atoms with Gasteiger partial charge in [-0.25, -0.2) is 0 Å². The smallest absolute Gasteiger partial charge is 0.259 e. The molecule has 2 aliphatic rings. The standard InChI is InChI=1S/C25H19N3O6/c29-9-5-6-13-11(7-9)17-19-18(24(33)27-25(19)34)16-10-3-1-2-4-12(10)26-20(16)21(17)28(13)14-8-15(30)23(32)22(14)31/h1-7,14-15,22-23,26,29-32H,8H2,(H,27,33,34)/t14?,15-,22-,23+/m0/s1. The van der Waals surface area contributed by atoms with E-state index in [1.807, 2.05) is 28.8 Å². The normalized spacial score (nSPS) is 24.7. The second-order valence-corrected chi connectivity index (χ2v) is 9.10. The summed E-state index contributed by atoms with van der Waals surface area (Å²) in [5.41, 5.74) is 2.99. The maximum Gasteiger partial charge on any atom is 0.259 e. The highest BCUT2D eigenvalue weighted by Crippen LogP contribution is 2.47. The molecular formula is C25H19N3O6. The molecule has 34 heavy (non-hydrogen) atoms. The van der Waals surface area contributed by atoms with Crippen molar-refractivity contribution in [2.24, 2.45) is 0 Å². The molecule has 0 spiro atoms. The Morgan fingerprint density at radius 3 is 2.35 bits per heavy atom. The highest BCUT2D eigenvalue weighted by molar-refractivity contribution is 6.39. The molecule has 3 heterocycles. The van der Waals surface area contributed by atoms with Crippen LogP contribution in [0.3, 0.4) is 0 Å². The monoisotopic (exact) mass is 457 g/mol. The summed E-state index contributed by atoms with van der Waals surface area (Å²) in [6.07, 6.45) is -3.62. The third-order valence-corrected chi connectivity index (χ3v) is 7.31. The fourth-order valence-corrected chi connectivity index (χ4v) is 5.90. The number of aliphatic hydroxyl groups excluding tert-OH is 3. The summed E-state index contributed by atoms with van der Waals surface area (Å²) in [6, 6.07) is 11.4. The van der Waals surface area contributed by atoms with Gasteiger partial charge in [0.1, 0.15) is 18.0 Å². The molecule has 2 amide bonds. The van der Waals surface area contributed by atoms with E-state index in [2.05, 4.69) is 10.3 Å². The molecule has 1 fully saturated rings. The van der Waals surface area contributed by atoms with Gasteiger partial charge in [0, 0.05) is 32.6 Å². The first-order chi connectivity index (χ1) is 16.4. The molecule has 0 bridgehead atoms. The van der Waals surface area contributed by atoms with Gasteiger partial charge in [-0.2, -0.15) is 0 Å². The van der Waals surface area contributed by atoms with Crippen LogP contribution >= 0.6 is 0 Å². The fraction of sp³-hybridized carbons (Fsp3) is 0.200. The average Bonchev–Trinajstić information content (AvgIpc) is 3.50. The molecule has 1 unspecified atom stereocenters. The van der Waals surface area contributed by atoms with Crippen molar-refractivity contribution in [1.82, 2.24) is 14.9 Å². The van der Waals surface area contributed by atoms with E-state index in [9.17, 15) is 30.0 Å². The maximum absolute atomic E-state index is 13.1. The largest absolute Gasteiger partial charge is 0.508 e. The van der Waals surface area contributed by atoms with Crippen molar-refractivity contribution in [3.8, 4) is 5.75 Å². The summed E-state index contributed by atoms with van der Waals surface area (Å²) in [7, 11) is 0. The van der Waals surface area contributed by atoms with E-state index < -0.39 is 36.2 Å². The van der Waals surface area contributed by atoms with Crippen LogP contribution in [-0.4, -0.2) is 60.1 Å². The van der Waals surface area contributed by atoms with E-state index in [-0.39, 0.29) is 23.3 Å². The lowest BCUT2D eigenvalue weighted by atomic mass is 9.96. The van der Waals surface area contributed by atoms with Crippen LogP contribution in [0.1, 0.15) is 33.2 Å². The van der Waals surface area contributed by atoms with Crippen LogP contribution < -0.4 is 5.32 Å². The molecule has 4 atom stereocenters. The molecular weight excluding hydrogens is 438 g/mol. The molecule has 9 heteroatoms. The molecule has 3 aromatic carbocycles. The Bertz CT molecular complexity index is 1730. The number of nitrogens with one attached hydrogen (secondary N) is 2. The third-order valence-electron chi connectivity index (χ3n) is 7.31. The van der Waals surface area contributed by atoms with Gasteiger partial charge >= 0.3 is 0 Å². The lowest BCUT2D eigenvalue weighted by Gasteiger charge is -2.21. The van der Waals surface area contributed by atoms with Gasteiger partial charge in [0.15, 0.2) is 0 Å². The summed E-state index contributed by atoms with van der Waals surface area (Å²) in [6.45, 7) is 0. The Morgan fingerprint density at radius 2 is 1.62 bits per heavy atom. The molecule has 1 aliphatic heterocycles. The average molecular weight is 457 g/mol. The number of H-pyrrole nitrogens is 1. The second-order valence-electron chi connectivity index (χ2n) is 9.10. The highest BCUT2D eigenvalue weighted by Gasteiger charge is 2.44. The molecule has 6 N–H and O–H groups in total. The second kappa shape index (κ2) is 6.35. The number of para-hydroxylation sites is 1. The van der Waals surface area contributed by atoms with Crippen LogP contribution in [0.2, 0.25) is 0 Å². The molecule has 0 saturated heterocycles. The molecule has 7 rings (SSSR count). The van der Waals surface area contributed by atoms with E-state index in [4.69, 9.17) is 0 Å². The topological polar surface area (TPSA) is 148 Å². The quantitative estimate of drug-likeness (QED) is 0.212. The van der Waals surface area contributed by atoms with Crippen molar-refractivity contribution in [3.63, 3.8) is 0 Å². The fourth-order valence-electron chi connectivity index (χ4n) is 5.90. The van der Waals surface area contributed by atoms with Crippen molar-refractivity contribution in [3.05, 3.63) is 53.6 Å². The van der Waals surface area contributed by atoms with Crippen molar-refractivity contribution in [2.45, 2.75) is 30.8 Å². The van der Waals surface area contributed by atoms with E-state index >= 15 is 0 Å². The highest BCUT2D eigenvalue weighted by atomic mass is 16.4. The number of benzene rings is 3. The van der Waals surface area contributed by atoms with Gasteiger partial charge in [0.05, 0.1) is 34.3 Å². The minimum atomic E-state index is -1.33. The number of aromatic amines is 1. The Balaban J connectivity index is 1.78. The number of aromatic nitrogens is 2. The number of carbonyl (C=O) groups is 2. The minimum Gasteiger partial charge on any atom is -0.508 e. The molecule has 1 saturated carbocycles. The first-order valence-corrected chi connectivity index (χ1v) is 11.0. The number of imide groups is 1. The maximum atomic E-state index is 13.1. The lowest BCUT2D eigenvalue weighted by molar-refractivity contribution is -0.0241. The number of rotatable bonds is 1. The summed E-state index contributed by atoms with van der Waals surface area (Å²) in [5.74, 6) is -1.05. The third kappa shape index (κ3) is 2.23. The van der Waals surface area contributed by atoms with Crippen LogP contribution in [0.25, 0.3) is 43.6 Å². The van der Waals surface area contributed by atoms with Crippen LogP contribution in [0.15, 0.2) is 42.5 Å². The number of aliphatic hydroxyl groups is 3. The predicted molar refractivity (Wildman–Crippen MR) is 124 cm³/mol. The Labute approximate surface area is 190 Å². The number of carbonyl (C=O) groups excluding carboxylic acids is 2. The number of hydrogen-bond acceptors (Lipinski definition) is 6. The lowest BCUT2D eigenvalue weighted by Crippen LogP contribution is -2.31. The molecule has 9 nitrogen and oxygen atoms in total. The van der Waals surface area contributed by atoms with Gasteiger partial charge < -0.3 is 30.0 Å². The zero-order chi connectivity index (χ0) is 23.5. The number of hydrogen-bond donors (Lipinski definition) is 6. The van der Waals surface area contributed by atoms with Crippen molar-refractivity contribution in [2.75, 3.05) is 0 Å². The van der Waals surface area contributed by atoms with Crippen LogP contribution in [0.4, 0.5) is 0 Å². The van der Waals surface area contributed by atoms with Crippen molar-refractivity contribution >= 4 is 55.4 Å². The SMILES string of the molecule is O=C1NC(=O)c2c1c1c3ccccc3[nH]c1c1c2c2cc(O)ccc2n1C1C[C@H](O)[C@@H](O)[C@H]1O. The van der Waals surface area contributed by atoms with E-state index in [1.54, 1.807) is 6.07 Å². The number of fused-ring (bicyclic) bond motifs is 10. The molecule has 2 aromatic heterocycles. The summed E-state index contributed by atoms with van der Waals surface area (Å²) < 4.78 is 1.81. The van der Waals surface area contributed by atoms with Crippen LogP contribution in [-0.2, 0) is 0 Å². The van der Waals surface area contributed by atoms with Gasteiger partial charge in [-0.1, -0.05) is 18.2 Å². The zero-order valence-electron chi connectivity index (χ0n) is 17.6. The van der Waals surface area contributed by atoms with E-state index in [0.29, 0.717) is 32.7 Å². The van der Waals surface area contributed by atoms with Crippen molar-refractivity contribution < 1.29 is 30.0 Å². The number of phenolic OH excluding ortho intramolecular Hbond substituents is 1. The Hall–Kier alpha value is -3.92. The summed E-state index contributed by atoms with van der Waals surface area (Å²) >= 11 is 0. The molecule has 1 aliphatic carbocycles. The van der Waals surface area contributed by atoms with Gasteiger partial charge in [0.25, 0.3) is 11.8 Å². The predicted octanol–water partition coefficient (Wildman–Crippen LogP) is 2.05. The van der Waals surface area contributed by atoms with Crippen LogP contribution in [0.5, 0.6) is 5.75 Å². The van der Waals surface area contributed by atoms with E-state index in [0.717, 1.165) is 10.9 Å².